The molecule has 0 aromatic rings. The van der Waals surface area contributed by atoms with Crippen molar-refractivity contribution in [2.75, 3.05) is 6.54 Å². The van der Waals surface area contributed by atoms with Crippen LogP contribution in [0, 0.1) is 0 Å². The Labute approximate surface area is 58.4 Å². The van der Waals surface area contributed by atoms with Gasteiger partial charge in [-0.05, 0) is 6.92 Å². The molecule has 0 bridgehead atoms. The van der Waals surface area contributed by atoms with E-state index in [4.69, 9.17) is 0 Å². The Balaban J connectivity index is -0.000000149. The minimum absolute atomic E-state index is 0. The second kappa shape index (κ2) is 10.2. The zero-order chi connectivity index (χ0) is 7.70. The summed E-state index contributed by atoms with van der Waals surface area (Å²) in [6.45, 7) is 10.5. The van der Waals surface area contributed by atoms with Crippen molar-refractivity contribution in [2.45, 2.75) is 20.3 Å². The molecule has 9 heavy (non-hydrogen) atoms. The van der Waals surface area contributed by atoms with Gasteiger partial charge in [0.25, 0.3) is 0 Å². The minimum atomic E-state index is 0. The van der Waals surface area contributed by atoms with Crippen LogP contribution in [-0.4, -0.2) is 12.5 Å². The summed E-state index contributed by atoms with van der Waals surface area (Å²) in [6.07, 6.45) is 0.591. The molecule has 0 saturated heterocycles. The third kappa shape index (κ3) is 11.0. The molecule has 0 spiro atoms. The lowest BCUT2D eigenvalue weighted by atomic mass is 10.4. The second-order valence-electron chi connectivity index (χ2n) is 1.31. The highest BCUT2D eigenvalue weighted by atomic mass is 16.1. The maximum Gasteiger partial charge on any atom is 0.219 e. The van der Waals surface area contributed by atoms with Gasteiger partial charge in [-0.1, -0.05) is 6.92 Å². The molecule has 1 N–H and O–H groups in total. The highest BCUT2D eigenvalue weighted by Crippen LogP contribution is 1.70. The third-order valence-electron chi connectivity index (χ3n) is 0.695. The van der Waals surface area contributed by atoms with Crippen molar-refractivity contribution in [2.24, 2.45) is 0 Å². The summed E-state index contributed by atoms with van der Waals surface area (Å²) < 4.78 is 0. The van der Waals surface area contributed by atoms with Crippen LogP contribution in [0.3, 0.4) is 0 Å². The first-order valence-electron chi connectivity index (χ1n) is 3.08. The topological polar surface area (TPSA) is 29.1 Å². The Morgan fingerprint density at radius 2 is 2.00 bits per heavy atom. The first-order chi connectivity index (χ1) is 4.31. The monoisotopic (exact) mass is 131 g/mol. The second-order valence-corrected chi connectivity index (χ2v) is 1.31. The Bertz CT molecular complexity index is 76.0. The largest absolute Gasteiger partial charge is 0.356 e. The third-order valence-corrected chi connectivity index (χ3v) is 0.695. The zero-order valence-electron chi connectivity index (χ0n) is 6.24. The van der Waals surface area contributed by atoms with Crippen LogP contribution in [0.4, 0.5) is 0 Å². The van der Waals surface area contributed by atoms with Crippen molar-refractivity contribution in [1.82, 2.24) is 5.32 Å². The fourth-order valence-corrected chi connectivity index (χ4v) is 0.322. The number of hydrogen-bond acceptors (Lipinski definition) is 1. The summed E-state index contributed by atoms with van der Waals surface area (Å²) in [5.41, 5.74) is 0. The number of carbonyl (C=O) groups excluding carboxylic acids is 1. The summed E-state index contributed by atoms with van der Waals surface area (Å²) in [4.78, 5) is 10.3. The highest BCUT2D eigenvalue weighted by Gasteiger charge is 1.88. The van der Waals surface area contributed by atoms with Crippen LogP contribution in [0.1, 0.15) is 21.7 Å². The van der Waals surface area contributed by atoms with E-state index in [2.05, 4.69) is 18.5 Å². The quantitative estimate of drug-likeness (QED) is 0.566. The average molecular weight is 131 g/mol. The molecule has 0 fully saturated rings. The summed E-state index contributed by atoms with van der Waals surface area (Å²) in [7, 11) is 0. The molecule has 0 aromatic carbocycles. The number of hydrogen-bond donors (Lipinski definition) is 1. The first kappa shape index (κ1) is 11.1. The molecule has 0 atom stereocenters. The van der Waals surface area contributed by atoms with Gasteiger partial charge < -0.3 is 5.32 Å². The molecule has 2 nitrogen and oxygen atoms in total. The van der Waals surface area contributed by atoms with E-state index in [1.807, 2.05) is 13.8 Å². The fraction of sp³-hybridized carbons (Fsp3) is 0.571. The van der Waals surface area contributed by atoms with E-state index in [9.17, 15) is 4.79 Å². The summed E-state index contributed by atoms with van der Waals surface area (Å²) in [6, 6.07) is 0. The Morgan fingerprint density at radius 3 is 2.11 bits per heavy atom. The number of amides is 1. The maximum atomic E-state index is 10.3. The lowest BCUT2D eigenvalue weighted by Crippen LogP contribution is -2.20. The molecule has 0 saturated carbocycles. The molecule has 56 valence electrons. The highest BCUT2D eigenvalue weighted by molar-refractivity contribution is 5.75. The molecular formula is C7H17NO. The van der Waals surface area contributed by atoms with Gasteiger partial charge in [0.2, 0.25) is 5.91 Å². The molecule has 0 aliphatic rings. The average Bonchev–Trinajstić information content (AvgIpc) is 1.93. The summed E-state index contributed by atoms with van der Waals surface area (Å²) >= 11 is 0. The van der Waals surface area contributed by atoms with Crippen molar-refractivity contribution in [3.8, 4) is 0 Å². The Hall–Kier alpha value is -0.790. The predicted octanol–water partition coefficient (Wildman–Crippen LogP) is 1.58. The number of rotatable bonds is 2. The molecule has 0 radical (unpaired) electrons. The molecular weight excluding hydrogens is 114 g/mol. The van der Waals surface area contributed by atoms with Gasteiger partial charge in [0.05, 0.1) is 0 Å². The Kier molecular flexibility index (Phi) is 12.6. The molecule has 0 rings (SSSR count). The predicted molar refractivity (Wildman–Crippen MR) is 42.3 cm³/mol. The van der Waals surface area contributed by atoms with Gasteiger partial charge in [0.15, 0.2) is 0 Å². The zero-order valence-corrected chi connectivity index (χ0v) is 6.24. The van der Waals surface area contributed by atoms with Gasteiger partial charge in [-0.15, -0.1) is 13.2 Å². The van der Waals surface area contributed by atoms with Crippen LogP contribution in [0.5, 0.6) is 0 Å². The molecule has 0 unspecified atom stereocenters. The standard InChI is InChI=1S/C5H11NO.C2H4.H2/c1-3-5(7)6-4-2;1-2;/h3-4H2,1-2H3,(H,6,7);1-2H2;1H. The van der Waals surface area contributed by atoms with E-state index < -0.39 is 0 Å². The van der Waals surface area contributed by atoms with E-state index in [1.165, 1.54) is 0 Å². The van der Waals surface area contributed by atoms with Gasteiger partial charge in [0, 0.05) is 14.4 Å². The fourth-order valence-electron chi connectivity index (χ4n) is 0.322. The van der Waals surface area contributed by atoms with Gasteiger partial charge in [-0.3, -0.25) is 4.79 Å². The van der Waals surface area contributed by atoms with Crippen LogP contribution >= 0.6 is 0 Å². The Morgan fingerprint density at radius 1 is 1.56 bits per heavy atom. The van der Waals surface area contributed by atoms with Crippen molar-refractivity contribution in [3.63, 3.8) is 0 Å². The van der Waals surface area contributed by atoms with Crippen molar-refractivity contribution < 1.29 is 6.22 Å². The number of nitrogens with one attached hydrogen (secondary N) is 1. The lowest BCUT2D eigenvalue weighted by Gasteiger charge is -1.93. The van der Waals surface area contributed by atoms with Gasteiger partial charge >= 0.3 is 0 Å². The van der Waals surface area contributed by atoms with Crippen LogP contribution < -0.4 is 5.32 Å². The van der Waals surface area contributed by atoms with Crippen molar-refractivity contribution in [1.29, 1.82) is 0 Å². The first-order valence-corrected chi connectivity index (χ1v) is 3.08. The van der Waals surface area contributed by atoms with E-state index in [-0.39, 0.29) is 7.33 Å². The summed E-state index contributed by atoms with van der Waals surface area (Å²) in [5.74, 6) is 0.127. The smallest absolute Gasteiger partial charge is 0.219 e. The van der Waals surface area contributed by atoms with Gasteiger partial charge in [0.1, 0.15) is 0 Å². The summed E-state index contributed by atoms with van der Waals surface area (Å²) in [5, 5.41) is 2.66. The molecule has 0 heterocycles. The maximum absolute atomic E-state index is 10.3. The van der Waals surface area contributed by atoms with E-state index >= 15 is 0 Å². The van der Waals surface area contributed by atoms with Crippen LogP contribution in [0.25, 0.3) is 0 Å². The van der Waals surface area contributed by atoms with Crippen LogP contribution in [0.2, 0.25) is 0 Å². The van der Waals surface area contributed by atoms with Gasteiger partial charge in [-0.2, -0.15) is 0 Å². The normalized spacial score (nSPS) is 6.89. The minimum Gasteiger partial charge on any atom is -0.356 e. The van der Waals surface area contributed by atoms with Crippen LogP contribution in [0.15, 0.2) is 13.2 Å². The lowest BCUT2D eigenvalue weighted by molar-refractivity contribution is -0.120. The molecule has 1 amide bonds. The SMILES string of the molecule is C=C.CCNC(=O)CC.[HH]. The van der Waals surface area contributed by atoms with Crippen molar-refractivity contribution in [3.05, 3.63) is 13.2 Å². The molecule has 0 aliphatic carbocycles. The number of carbonyl (C=O) groups is 1. The van der Waals surface area contributed by atoms with E-state index in [1.54, 1.807) is 0 Å². The molecule has 0 aromatic heterocycles. The van der Waals surface area contributed by atoms with E-state index in [0.717, 1.165) is 6.54 Å². The molecule has 2 heteroatoms. The van der Waals surface area contributed by atoms with E-state index in [0.29, 0.717) is 6.42 Å². The molecule has 0 aliphatic heterocycles. The van der Waals surface area contributed by atoms with Crippen molar-refractivity contribution >= 4 is 5.91 Å². The van der Waals surface area contributed by atoms with Gasteiger partial charge in [-0.25, -0.2) is 0 Å². The van der Waals surface area contributed by atoms with Crippen LogP contribution in [-0.2, 0) is 4.79 Å².